The number of hydrogen-bond donors (Lipinski definition) is 0. The van der Waals surface area contributed by atoms with Crippen molar-refractivity contribution in [2.45, 2.75) is 45.1 Å². The molecule has 1 fully saturated rings. The highest BCUT2D eigenvalue weighted by Gasteiger charge is 2.23. The Bertz CT molecular complexity index is 199. The zero-order valence-electron chi connectivity index (χ0n) is 8.87. The lowest BCUT2D eigenvalue weighted by atomic mass is 9.94. The molecule has 2 nitrogen and oxygen atoms in total. The second-order valence-electron chi connectivity index (χ2n) is 3.63. The van der Waals surface area contributed by atoms with Crippen LogP contribution in [0, 0.1) is 0 Å². The minimum absolute atomic E-state index is 0.161. The van der Waals surface area contributed by atoms with Crippen molar-refractivity contribution in [3.63, 3.8) is 0 Å². The molecule has 0 heterocycles. The van der Waals surface area contributed by atoms with Gasteiger partial charge in [-0.05, 0) is 36.9 Å². The fourth-order valence-corrected chi connectivity index (χ4v) is 2.62. The van der Waals surface area contributed by atoms with Gasteiger partial charge in [0.2, 0.25) is 0 Å². The Kier molecular flexibility index (Phi) is 5.09. The second-order valence-corrected chi connectivity index (χ2v) is 4.55. The van der Waals surface area contributed by atoms with Gasteiger partial charge in [-0.2, -0.15) is 0 Å². The first-order chi connectivity index (χ1) is 6.79. The molecule has 0 saturated heterocycles. The van der Waals surface area contributed by atoms with Crippen LogP contribution in [0.1, 0.15) is 39.0 Å². The summed E-state index contributed by atoms with van der Waals surface area (Å²) in [4.78, 5) is 13.7. The lowest BCUT2D eigenvalue weighted by molar-refractivity contribution is 0.182. The van der Waals surface area contributed by atoms with Gasteiger partial charge < -0.3 is 4.90 Å². The van der Waals surface area contributed by atoms with Gasteiger partial charge in [0.05, 0.1) is 0 Å². The van der Waals surface area contributed by atoms with Crippen molar-refractivity contribution in [1.29, 1.82) is 0 Å². The second kappa shape index (κ2) is 6.12. The first kappa shape index (κ1) is 11.6. The van der Waals surface area contributed by atoms with Gasteiger partial charge in [-0.25, -0.2) is 0 Å². The summed E-state index contributed by atoms with van der Waals surface area (Å²) in [6, 6.07) is 0.480. The number of hydrogen-bond acceptors (Lipinski definition) is 2. The molecule has 0 atom stereocenters. The Hall–Kier alpha value is -0.440. The summed E-state index contributed by atoms with van der Waals surface area (Å²) in [7, 11) is 0. The Morgan fingerprint density at radius 1 is 1.50 bits per heavy atom. The number of carbonyl (C=O) groups is 1. The predicted octanol–water partition coefficient (Wildman–Crippen LogP) is 3.64. The average molecular weight is 213 g/mol. The van der Waals surface area contributed by atoms with Crippen LogP contribution >= 0.6 is 11.8 Å². The highest BCUT2D eigenvalue weighted by Crippen LogP contribution is 2.25. The summed E-state index contributed by atoms with van der Waals surface area (Å²) in [6.07, 6.45) is 6.23. The number of thioether (sulfide) groups is 1. The fraction of sp³-hybridized carbons (Fsp3) is 0.727. The van der Waals surface area contributed by atoms with Crippen LogP contribution in [0.25, 0.3) is 0 Å². The zero-order chi connectivity index (χ0) is 10.4. The summed E-state index contributed by atoms with van der Waals surface area (Å²) < 4.78 is 0. The van der Waals surface area contributed by atoms with Gasteiger partial charge in [0.15, 0.2) is 0 Å². The van der Waals surface area contributed by atoms with E-state index in [9.17, 15) is 4.79 Å². The number of carbonyl (C=O) groups excluding carboxylic acids is 1. The average Bonchev–Trinajstić information content (AvgIpc) is 2.21. The van der Waals surface area contributed by atoms with E-state index in [1.165, 1.54) is 43.9 Å². The Balaban J connectivity index is 2.50. The maximum absolute atomic E-state index is 11.7. The third-order valence-corrected chi connectivity index (χ3v) is 3.38. The zero-order valence-corrected chi connectivity index (χ0v) is 9.68. The van der Waals surface area contributed by atoms with E-state index in [0.717, 1.165) is 6.54 Å². The molecule has 80 valence electrons. The molecule has 0 aromatic heterocycles. The lowest BCUT2D eigenvalue weighted by Crippen LogP contribution is -2.39. The van der Waals surface area contributed by atoms with Crippen LogP contribution in [0.4, 0.5) is 4.79 Å². The van der Waals surface area contributed by atoms with Crippen molar-refractivity contribution in [3.8, 4) is 0 Å². The lowest BCUT2D eigenvalue weighted by Gasteiger charge is -2.32. The molecule has 0 aromatic rings. The van der Waals surface area contributed by atoms with E-state index in [-0.39, 0.29) is 5.24 Å². The molecule has 0 radical (unpaired) electrons. The molecule has 14 heavy (non-hydrogen) atoms. The molecule has 0 unspecified atom stereocenters. The van der Waals surface area contributed by atoms with Crippen molar-refractivity contribution < 1.29 is 4.79 Å². The molecule has 0 aliphatic heterocycles. The van der Waals surface area contributed by atoms with Gasteiger partial charge in [0.25, 0.3) is 5.24 Å². The number of rotatable bonds is 3. The summed E-state index contributed by atoms with van der Waals surface area (Å²) in [5.74, 6) is 0. The molecule has 1 aliphatic rings. The number of amides is 1. The van der Waals surface area contributed by atoms with E-state index in [1.54, 1.807) is 5.41 Å². The first-order valence-corrected chi connectivity index (χ1v) is 6.25. The Labute approximate surface area is 90.7 Å². The third kappa shape index (κ3) is 3.05. The van der Waals surface area contributed by atoms with E-state index in [0.29, 0.717) is 6.04 Å². The van der Waals surface area contributed by atoms with Gasteiger partial charge in [-0.1, -0.05) is 25.8 Å². The summed E-state index contributed by atoms with van der Waals surface area (Å²) in [5, 5.41) is 1.78. The highest BCUT2D eigenvalue weighted by molar-refractivity contribution is 8.16. The molecule has 0 spiro atoms. The van der Waals surface area contributed by atoms with Gasteiger partial charge in [0.1, 0.15) is 0 Å². The van der Waals surface area contributed by atoms with E-state index in [1.807, 2.05) is 4.90 Å². The fourth-order valence-electron chi connectivity index (χ4n) is 2.07. The molecule has 0 bridgehead atoms. The van der Waals surface area contributed by atoms with Gasteiger partial charge in [-0.3, -0.25) is 4.79 Å². The van der Waals surface area contributed by atoms with Crippen LogP contribution < -0.4 is 0 Å². The van der Waals surface area contributed by atoms with E-state index in [2.05, 4.69) is 13.5 Å². The maximum Gasteiger partial charge on any atom is 0.286 e. The highest BCUT2D eigenvalue weighted by atomic mass is 32.2. The van der Waals surface area contributed by atoms with E-state index >= 15 is 0 Å². The Morgan fingerprint density at radius 3 is 2.64 bits per heavy atom. The van der Waals surface area contributed by atoms with Crippen molar-refractivity contribution >= 4 is 17.0 Å². The molecule has 0 N–H and O–H groups in total. The molecule has 1 amide bonds. The monoisotopic (exact) mass is 213 g/mol. The summed E-state index contributed by atoms with van der Waals surface area (Å²) >= 11 is 1.21. The molecule has 3 heteroatoms. The molecule has 1 aliphatic carbocycles. The SMILES string of the molecule is C=CSC(=O)N(CC)C1CCCCC1. The van der Waals surface area contributed by atoms with Crippen LogP contribution in [0.15, 0.2) is 12.0 Å². The topological polar surface area (TPSA) is 20.3 Å². The largest absolute Gasteiger partial charge is 0.331 e. The molecular formula is C11H19NOS. The molecule has 0 aromatic carbocycles. The van der Waals surface area contributed by atoms with Crippen LogP contribution in [0.2, 0.25) is 0 Å². The molecular weight excluding hydrogens is 194 g/mol. The van der Waals surface area contributed by atoms with Gasteiger partial charge in [-0.15, -0.1) is 0 Å². The van der Waals surface area contributed by atoms with Gasteiger partial charge in [0, 0.05) is 12.6 Å². The van der Waals surface area contributed by atoms with Crippen molar-refractivity contribution in [3.05, 3.63) is 12.0 Å². The van der Waals surface area contributed by atoms with Crippen LogP contribution in [0.3, 0.4) is 0 Å². The number of nitrogens with zero attached hydrogens (tertiary/aromatic N) is 1. The maximum atomic E-state index is 11.7. The van der Waals surface area contributed by atoms with E-state index < -0.39 is 0 Å². The standard InChI is InChI=1S/C11H19NOS/c1-3-12(11(13)14-4-2)10-8-6-5-7-9-10/h4,10H,2-3,5-9H2,1H3. The minimum atomic E-state index is 0.161. The van der Waals surface area contributed by atoms with Crippen molar-refractivity contribution in [2.75, 3.05) is 6.54 Å². The molecule has 1 rings (SSSR count). The third-order valence-electron chi connectivity index (χ3n) is 2.77. The van der Waals surface area contributed by atoms with E-state index in [4.69, 9.17) is 0 Å². The minimum Gasteiger partial charge on any atom is -0.331 e. The quantitative estimate of drug-likeness (QED) is 0.713. The first-order valence-electron chi connectivity index (χ1n) is 5.37. The Morgan fingerprint density at radius 2 is 2.14 bits per heavy atom. The van der Waals surface area contributed by atoms with Crippen LogP contribution in [-0.2, 0) is 0 Å². The van der Waals surface area contributed by atoms with Gasteiger partial charge >= 0.3 is 0 Å². The summed E-state index contributed by atoms with van der Waals surface area (Å²) in [5.41, 5.74) is 0. The molecule has 1 saturated carbocycles. The van der Waals surface area contributed by atoms with Crippen molar-refractivity contribution in [1.82, 2.24) is 4.90 Å². The van der Waals surface area contributed by atoms with Crippen molar-refractivity contribution in [2.24, 2.45) is 0 Å². The smallest absolute Gasteiger partial charge is 0.286 e. The normalized spacial score (nSPS) is 17.8. The summed E-state index contributed by atoms with van der Waals surface area (Å²) in [6.45, 7) is 6.45. The van der Waals surface area contributed by atoms with Crippen LogP contribution in [0.5, 0.6) is 0 Å². The predicted molar refractivity (Wildman–Crippen MR) is 62.4 cm³/mol. The van der Waals surface area contributed by atoms with Crippen LogP contribution in [-0.4, -0.2) is 22.7 Å².